The van der Waals surface area contributed by atoms with Gasteiger partial charge in [0.1, 0.15) is 5.75 Å². The van der Waals surface area contributed by atoms with Crippen LogP contribution in [0.1, 0.15) is 12.6 Å². The first-order valence-electron chi connectivity index (χ1n) is 6.61. The lowest BCUT2D eigenvalue weighted by Gasteiger charge is -2.09. The number of nitrogen functional groups attached to an aromatic ring is 1. The second-order valence-electron chi connectivity index (χ2n) is 4.61. The summed E-state index contributed by atoms with van der Waals surface area (Å²) in [5, 5.41) is 12.3. The predicted octanol–water partition coefficient (Wildman–Crippen LogP) is 3.71. The number of nitrogens with zero attached hydrogens (tertiary/aromatic N) is 3. The molecule has 0 amide bonds. The fourth-order valence-corrected chi connectivity index (χ4v) is 3.92. The van der Waals surface area contributed by atoms with Gasteiger partial charge in [-0.05, 0) is 34.5 Å². The lowest BCUT2D eigenvalue weighted by atomic mass is 10.2. The number of aryl methyl sites for hydroxylation is 1. The van der Waals surface area contributed by atoms with Gasteiger partial charge in [-0.15, -0.1) is 0 Å². The molecule has 3 rings (SSSR count). The lowest BCUT2D eigenvalue weighted by molar-refractivity contribution is 0.417. The molecule has 0 aliphatic carbocycles. The summed E-state index contributed by atoms with van der Waals surface area (Å²) in [7, 11) is 1.61. The number of nitrogens with one attached hydrogen (secondary N) is 1. The van der Waals surface area contributed by atoms with Gasteiger partial charge in [-0.1, -0.05) is 12.1 Å². The molecule has 9 heteroatoms. The third kappa shape index (κ3) is 2.72. The van der Waals surface area contributed by atoms with Crippen LogP contribution in [0.3, 0.4) is 0 Å². The van der Waals surface area contributed by atoms with Gasteiger partial charge in [-0.25, -0.2) is 4.45 Å². The molecule has 0 bridgehead atoms. The van der Waals surface area contributed by atoms with Crippen LogP contribution in [0.2, 0.25) is 0 Å². The normalized spacial score (nSPS) is 11.6. The van der Waals surface area contributed by atoms with Crippen molar-refractivity contribution in [1.82, 2.24) is 14.7 Å². The van der Waals surface area contributed by atoms with E-state index in [9.17, 15) is 0 Å². The molecule has 0 spiro atoms. The van der Waals surface area contributed by atoms with E-state index in [1.54, 1.807) is 13.2 Å². The smallest absolute Gasteiger partial charge is 0.174 e. The third-order valence-corrected chi connectivity index (χ3v) is 5.23. The van der Waals surface area contributed by atoms with E-state index in [1.807, 2.05) is 16.6 Å². The molecule has 1 aromatic carbocycles. The van der Waals surface area contributed by atoms with Crippen LogP contribution in [0, 0.1) is 0 Å². The largest absolute Gasteiger partial charge is 0.495 e. The molecule has 0 radical (unpaired) electrons. The number of aromatic nitrogens is 3. The third-order valence-electron chi connectivity index (χ3n) is 3.31. The van der Waals surface area contributed by atoms with Gasteiger partial charge in [0.25, 0.3) is 0 Å². The Morgan fingerprint density at radius 1 is 1.45 bits per heavy atom. The number of rotatable bonds is 5. The number of methoxy groups -OCH3 is 1. The molecule has 1 atom stereocenters. The topological polar surface area (TPSA) is 91.1 Å². The zero-order valence-corrected chi connectivity index (χ0v) is 15.2. The van der Waals surface area contributed by atoms with E-state index in [2.05, 4.69) is 44.5 Å². The first kappa shape index (κ1) is 15.4. The summed E-state index contributed by atoms with van der Waals surface area (Å²) in [6.45, 7) is 2.11. The van der Waals surface area contributed by atoms with Crippen LogP contribution < -0.4 is 15.8 Å². The SMILES string of the molecule is CCc1cc(Nc2cc3onc(N)c3cc2OC)nn1PI. The van der Waals surface area contributed by atoms with Crippen molar-refractivity contribution in [2.45, 2.75) is 13.3 Å². The van der Waals surface area contributed by atoms with Crippen LogP contribution in [-0.2, 0) is 6.42 Å². The maximum absolute atomic E-state index is 5.77. The zero-order valence-electron chi connectivity index (χ0n) is 12.1. The predicted molar refractivity (Wildman–Crippen MR) is 97.6 cm³/mol. The number of anilines is 3. The van der Waals surface area contributed by atoms with Crippen LogP contribution in [0.15, 0.2) is 22.7 Å². The quantitative estimate of drug-likeness (QED) is 0.473. The molecule has 116 valence electrons. The number of benzene rings is 1. The van der Waals surface area contributed by atoms with Crippen LogP contribution in [0.4, 0.5) is 17.3 Å². The van der Waals surface area contributed by atoms with Crippen molar-refractivity contribution < 1.29 is 9.26 Å². The van der Waals surface area contributed by atoms with E-state index in [4.69, 9.17) is 15.0 Å². The van der Waals surface area contributed by atoms with Gasteiger partial charge in [0, 0.05) is 17.8 Å². The molecule has 0 saturated carbocycles. The van der Waals surface area contributed by atoms with Crippen molar-refractivity contribution in [1.29, 1.82) is 0 Å². The van der Waals surface area contributed by atoms with Gasteiger partial charge in [0.15, 0.2) is 17.2 Å². The Morgan fingerprint density at radius 2 is 2.27 bits per heavy atom. The first-order chi connectivity index (χ1) is 10.7. The standard InChI is InChI=1S/C13H15IN5O2P/c1-3-7-4-12(17-19(7)22-14)16-9-6-10-8(5-11(9)20-2)13(15)18-21-10/h4-6,22H,3H2,1-2H3,(H2,15,18)(H,16,17). The highest BCUT2D eigenvalue weighted by atomic mass is 127. The minimum atomic E-state index is 0.350. The van der Waals surface area contributed by atoms with E-state index < -0.39 is 0 Å². The summed E-state index contributed by atoms with van der Waals surface area (Å²) in [6.07, 6.45) is 1.49. The van der Waals surface area contributed by atoms with Gasteiger partial charge in [0.05, 0.1) is 24.6 Å². The van der Waals surface area contributed by atoms with Crippen LogP contribution >= 0.6 is 28.4 Å². The highest BCUT2D eigenvalue weighted by molar-refractivity contribution is 14.2. The first-order valence-corrected chi connectivity index (χ1v) is 10.7. The fraction of sp³-hybridized carbons (Fsp3) is 0.231. The number of hydrogen-bond donors (Lipinski definition) is 2. The Labute approximate surface area is 141 Å². The summed E-state index contributed by atoms with van der Waals surface area (Å²) in [4.78, 5) is 0. The van der Waals surface area contributed by atoms with Crippen LogP contribution in [0.25, 0.3) is 11.0 Å². The van der Waals surface area contributed by atoms with Crippen molar-refractivity contribution in [3.63, 3.8) is 0 Å². The van der Waals surface area contributed by atoms with E-state index >= 15 is 0 Å². The van der Waals surface area contributed by atoms with Crippen molar-refractivity contribution in [3.05, 3.63) is 23.9 Å². The number of hydrogen-bond acceptors (Lipinski definition) is 6. The van der Waals surface area contributed by atoms with Gasteiger partial charge in [-0.2, -0.15) is 5.10 Å². The highest BCUT2D eigenvalue weighted by Gasteiger charge is 2.13. The Bertz CT molecular complexity index is 795. The van der Waals surface area contributed by atoms with Crippen molar-refractivity contribution >= 4 is 56.7 Å². The van der Waals surface area contributed by atoms with Gasteiger partial charge >= 0.3 is 0 Å². The number of ether oxygens (including phenoxy) is 1. The highest BCUT2D eigenvalue weighted by Crippen LogP contribution is 2.35. The second kappa shape index (κ2) is 6.29. The zero-order chi connectivity index (χ0) is 15.7. The average Bonchev–Trinajstić information content (AvgIpc) is 3.10. The van der Waals surface area contributed by atoms with Crippen molar-refractivity contribution in [3.8, 4) is 5.75 Å². The monoisotopic (exact) mass is 431 g/mol. The van der Waals surface area contributed by atoms with Crippen molar-refractivity contribution in [2.75, 3.05) is 18.2 Å². The summed E-state index contributed by atoms with van der Waals surface area (Å²) < 4.78 is 12.6. The number of fused-ring (bicyclic) bond motifs is 1. The molecule has 0 aliphatic heterocycles. The van der Waals surface area contributed by atoms with Gasteiger partial charge < -0.3 is 20.3 Å². The summed E-state index contributed by atoms with van der Waals surface area (Å²) in [6, 6.07) is 5.65. The molecule has 7 nitrogen and oxygen atoms in total. The second-order valence-corrected chi connectivity index (χ2v) is 6.65. The Morgan fingerprint density at radius 3 is 2.91 bits per heavy atom. The number of halogens is 1. The molecule has 2 heterocycles. The molecule has 22 heavy (non-hydrogen) atoms. The molecule has 1 unspecified atom stereocenters. The molecular weight excluding hydrogens is 416 g/mol. The van der Waals surface area contributed by atoms with Crippen LogP contribution in [-0.4, -0.2) is 21.8 Å². The maximum Gasteiger partial charge on any atom is 0.174 e. The number of nitrogens with two attached hydrogens (primary N) is 1. The summed E-state index contributed by atoms with van der Waals surface area (Å²) in [5.74, 6) is 1.78. The van der Waals surface area contributed by atoms with Gasteiger partial charge in [-0.3, -0.25) is 0 Å². The molecule has 3 aromatic rings. The van der Waals surface area contributed by atoms with Crippen LogP contribution in [0.5, 0.6) is 5.75 Å². The maximum atomic E-state index is 5.77. The minimum Gasteiger partial charge on any atom is -0.495 e. The van der Waals surface area contributed by atoms with E-state index in [-0.39, 0.29) is 0 Å². The van der Waals surface area contributed by atoms with E-state index in [0.29, 0.717) is 23.5 Å². The Hall–Kier alpha value is -1.54. The molecule has 0 aliphatic rings. The fourth-order valence-electron chi connectivity index (χ4n) is 2.19. The molecule has 0 fully saturated rings. The van der Waals surface area contributed by atoms with Gasteiger partial charge in [0.2, 0.25) is 0 Å². The lowest BCUT2D eigenvalue weighted by Crippen LogP contribution is -1.96. The van der Waals surface area contributed by atoms with Crippen molar-refractivity contribution in [2.24, 2.45) is 0 Å². The molecule has 2 aromatic heterocycles. The molecule has 0 saturated heterocycles. The average molecular weight is 431 g/mol. The van der Waals surface area contributed by atoms with E-state index in [1.165, 1.54) is 5.69 Å². The minimum absolute atomic E-state index is 0.350. The molecule has 3 N–H and O–H groups in total. The van der Waals surface area contributed by atoms with E-state index in [0.717, 1.165) is 23.3 Å². The summed E-state index contributed by atoms with van der Waals surface area (Å²) in [5.41, 5.74) is 8.31. The summed E-state index contributed by atoms with van der Waals surface area (Å²) >= 11 is 2.31. The molecular formula is C13H15IN5O2P. The Kier molecular flexibility index (Phi) is 4.39. The Balaban J connectivity index is 2.00.